The third kappa shape index (κ3) is 7.02. The molecule has 0 spiro atoms. The normalized spacial score (nSPS) is 14.2. The lowest BCUT2D eigenvalue weighted by atomic mass is 10.2. The Kier molecular flexibility index (Phi) is 8.31. The maximum Gasteiger partial charge on any atom is 0.248 e. The molecule has 1 saturated heterocycles. The van der Waals surface area contributed by atoms with Crippen molar-refractivity contribution in [3.63, 3.8) is 0 Å². The quantitative estimate of drug-likeness (QED) is 0.466. The van der Waals surface area contributed by atoms with Crippen LogP contribution in [0.1, 0.15) is 16.8 Å². The van der Waals surface area contributed by atoms with Gasteiger partial charge in [0.15, 0.2) is 0 Å². The van der Waals surface area contributed by atoms with Crippen LogP contribution in [-0.4, -0.2) is 59.3 Å². The van der Waals surface area contributed by atoms with E-state index < -0.39 is 0 Å². The minimum Gasteiger partial charge on any atom is -0.379 e. The van der Waals surface area contributed by atoms with Crippen molar-refractivity contribution in [3.8, 4) is 0 Å². The molecule has 0 radical (unpaired) electrons. The summed E-state index contributed by atoms with van der Waals surface area (Å²) in [5.41, 5.74) is 3.83. The van der Waals surface area contributed by atoms with Crippen molar-refractivity contribution in [3.05, 3.63) is 82.6 Å². The average molecular weight is 494 g/mol. The van der Waals surface area contributed by atoms with Crippen molar-refractivity contribution in [2.45, 2.75) is 13.5 Å². The lowest BCUT2D eigenvalue weighted by Crippen LogP contribution is -2.41. The largest absolute Gasteiger partial charge is 0.379 e. The molecule has 0 aliphatic carbocycles. The van der Waals surface area contributed by atoms with Crippen LogP contribution in [0.3, 0.4) is 0 Å². The molecule has 8 nitrogen and oxygen atoms in total. The third-order valence-corrected chi connectivity index (χ3v) is 5.99. The molecule has 0 bridgehead atoms. The Morgan fingerprint density at radius 1 is 1.03 bits per heavy atom. The standard InChI is InChI=1S/C26H28ClN5O3/c1-19-23(26(27)32(30-19)17-20-5-3-2-4-6-20)11-12-24(33)28-21-7-9-22(10-8-21)29-25(34)18-31-13-15-35-16-14-31/h2-12H,13-18H2,1H3,(H,28,33)(H,29,34)/b12-11+. The average Bonchev–Trinajstić information content (AvgIpc) is 3.12. The van der Waals surface area contributed by atoms with Gasteiger partial charge in [-0.3, -0.25) is 14.5 Å². The van der Waals surface area contributed by atoms with Crippen LogP contribution in [0.25, 0.3) is 6.08 Å². The van der Waals surface area contributed by atoms with Gasteiger partial charge in [-0.15, -0.1) is 0 Å². The van der Waals surface area contributed by atoms with Crippen LogP contribution in [0.15, 0.2) is 60.7 Å². The summed E-state index contributed by atoms with van der Waals surface area (Å²) in [4.78, 5) is 26.7. The molecule has 0 atom stereocenters. The number of hydrogen-bond acceptors (Lipinski definition) is 5. The number of morpholine rings is 1. The van der Waals surface area contributed by atoms with E-state index in [0.717, 1.165) is 24.3 Å². The monoisotopic (exact) mass is 493 g/mol. The van der Waals surface area contributed by atoms with Crippen molar-refractivity contribution in [2.24, 2.45) is 0 Å². The number of nitrogens with one attached hydrogen (secondary N) is 2. The minimum absolute atomic E-state index is 0.0771. The molecule has 1 aliphatic heterocycles. The van der Waals surface area contributed by atoms with Crippen molar-refractivity contribution >= 4 is 40.9 Å². The fourth-order valence-corrected chi connectivity index (χ4v) is 4.06. The molecule has 2 heterocycles. The zero-order valence-corrected chi connectivity index (χ0v) is 20.3. The summed E-state index contributed by atoms with van der Waals surface area (Å²) in [6.07, 6.45) is 3.10. The molecule has 35 heavy (non-hydrogen) atoms. The predicted octanol–water partition coefficient (Wildman–Crippen LogP) is 3.82. The van der Waals surface area contributed by atoms with Crippen molar-refractivity contribution in [2.75, 3.05) is 43.5 Å². The van der Waals surface area contributed by atoms with Crippen LogP contribution >= 0.6 is 11.6 Å². The van der Waals surface area contributed by atoms with E-state index in [2.05, 4.69) is 20.6 Å². The highest BCUT2D eigenvalue weighted by molar-refractivity contribution is 6.31. The summed E-state index contributed by atoms with van der Waals surface area (Å²) < 4.78 is 7.02. The van der Waals surface area contributed by atoms with Gasteiger partial charge in [-0.05, 0) is 42.8 Å². The number of carbonyl (C=O) groups excluding carboxylic acids is 2. The van der Waals surface area contributed by atoms with Crippen LogP contribution < -0.4 is 10.6 Å². The first-order valence-corrected chi connectivity index (χ1v) is 11.8. The van der Waals surface area contributed by atoms with E-state index >= 15 is 0 Å². The topological polar surface area (TPSA) is 88.5 Å². The van der Waals surface area contributed by atoms with E-state index in [1.165, 1.54) is 6.08 Å². The number of halogens is 1. The van der Waals surface area contributed by atoms with E-state index in [9.17, 15) is 9.59 Å². The molecule has 1 fully saturated rings. The molecule has 1 aliphatic rings. The van der Waals surface area contributed by atoms with E-state index in [1.807, 2.05) is 37.3 Å². The van der Waals surface area contributed by atoms with Gasteiger partial charge in [0.05, 0.1) is 32.0 Å². The van der Waals surface area contributed by atoms with Crippen molar-refractivity contribution in [1.29, 1.82) is 0 Å². The molecule has 4 rings (SSSR count). The molecule has 2 N–H and O–H groups in total. The van der Waals surface area contributed by atoms with Gasteiger partial charge < -0.3 is 15.4 Å². The second-order valence-electron chi connectivity index (χ2n) is 8.27. The highest BCUT2D eigenvalue weighted by atomic mass is 35.5. The Bertz CT molecular complexity index is 1190. The maximum atomic E-state index is 12.4. The van der Waals surface area contributed by atoms with E-state index in [4.69, 9.17) is 16.3 Å². The fourth-order valence-electron chi connectivity index (χ4n) is 3.76. The number of aromatic nitrogens is 2. The Balaban J connectivity index is 1.30. The molecular formula is C26H28ClN5O3. The number of hydrogen-bond donors (Lipinski definition) is 2. The van der Waals surface area contributed by atoms with Gasteiger partial charge in [0.1, 0.15) is 5.15 Å². The number of aryl methyl sites for hydroxylation is 1. The molecule has 1 aromatic heterocycles. The van der Waals surface area contributed by atoms with Gasteiger partial charge in [-0.2, -0.15) is 5.10 Å². The first kappa shape index (κ1) is 24.7. The number of anilines is 2. The Morgan fingerprint density at radius 3 is 2.37 bits per heavy atom. The van der Waals surface area contributed by atoms with Crippen molar-refractivity contribution in [1.82, 2.24) is 14.7 Å². The third-order valence-electron chi connectivity index (χ3n) is 5.59. The smallest absolute Gasteiger partial charge is 0.248 e. The summed E-state index contributed by atoms with van der Waals surface area (Å²) in [6, 6.07) is 16.9. The van der Waals surface area contributed by atoms with E-state index in [0.29, 0.717) is 48.4 Å². The number of amides is 2. The minimum atomic E-state index is -0.291. The second-order valence-corrected chi connectivity index (χ2v) is 8.63. The first-order valence-electron chi connectivity index (χ1n) is 11.4. The number of benzene rings is 2. The number of rotatable bonds is 8. The van der Waals surface area contributed by atoms with Gasteiger partial charge >= 0.3 is 0 Å². The molecule has 2 amide bonds. The summed E-state index contributed by atoms with van der Waals surface area (Å²) in [7, 11) is 0. The zero-order chi connectivity index (χ0) is 24.6. The Morgan fingerprint density at radius 2 is 1.69 bits per heavy atom. The van der Waals surface area contributed by atoms with Gasteiger partial charge in [0.2, 0.25) is 11.8 Å². The maximum absolute atomic E-state index is 12.4. The predicted molar refractivity (Wildman–Crippen MR) is 138 cm³/mol. The van der Waals surface area contributed by atoms with Crippen LogP contribution in [0, 0.1) is 6.92 Å². The highest BCUT2D eigenvalue weighted by Crippen LogP contribution is 2.22. The van der Waals surface area contributed by atoms with Gasteiger partial charge in [-0.1, -0.05) is 41.9 Å². The molecule has 2 aromatic carbocycles. The lowest BCUT2D eigenvalue weighted by Gasteiger charge is -2.25. The molecule has 9 heteroatoms. The molecule has 182 valence electrons. The van der Waals surface area contributed by atoms with Gasteiger partial charge in [0, 0.05) is 36.1 Å². The Labute approximate surface area is 209 Å². The van der Waals surface area contributed by atoms with Crippen LogP contribution in [0.4, 0.5) is 11.4 Å². The van der Waals surface area contributed by atoms with Gasteiger partial charge in [-0.25, -0.2) is 4.68 Å². The SMILES string of the molecule is Cc1nn(Cc2ccccc2)c(Cl)c1/C=C/C(=O)Nc1ccc(NC(=O)CN2CCOCC2)cc1. The summed E-state index contributed by atoms with van der Waals surface area (Å²) in [6.45, 7) is 5.55. The molecule has 0 unspecified atom stereocenters. The lowest BCUT2D eigenvalue weighted by molar-refractivity contribution is -0.118. The number of nitrogens with zero attached hydrogens (tertiary/aromatic N) is 3. The zero-order valence-electron chi connectivity index (χ0n) is 19.5. The van der Waals surface area contributed by atoms with Gasteiger partial charge in [0.25, 0.3) is 0 Å². The van der Waals surface area contributed by atoms with E-state index in [-0.39, 0.29) is 11.8 Å². The van der Waals surface area contributed by atoms with E-state index in [1.54, 1.807) is 35.0 Å². The number of carbonyl (C=O) groups is 2. The summed E-state index contributed by atoms with van der Waals surface area (Å²) >= 11 is 6.52. The van der Waals surface area contributed by atoms with Crippen LogP contribution in [0.2, 0.25) is 5.15 Å². The summed E-state index contributed by atoms with van der Waals surface area (Å²) in [5, 5.41) is 10.7. The second kappa shape index (κ2) is 11.8. The number of ether oxygens (including phenoxy) is 1. The van der Waals surface area contributed by atoms with Crippen molar-refractivity contribution < 1.29 is 14.3 Å². The fraction of sp³-hybridized carbons (Fsp3) is 0.269. The van der Waals surface area contributed by atoms with Crippen LogP contribution in [-0.2, 0) is 20.9 Å². The molecule has 3 aromatic rings. The van der Waals surface area contributed by atoms with Crippen LogP contribution in [0.5, 0.6) is 0 Å². The molecular weight excluding hydrogens is 466 g/mol. The highest BCUT2D eigenvalue weighted by Gasteiger charge is 2.14. The first-order chi connectivity index (χ1) is 17.0. The Hall–Kier alpha value is -3.46. The summed E-state index contributed by atoms with van der Waals surface area (Å²) in [5.74, 6) is -0.368. The molecule has 0 saturated carbocycles.